The number of aryl methyl sites for hydroxylation is 1. The summed E-state index contributed by atoms with van der Waals surface area (Å²) in [5.74, 6) is 0. The van der Waals surface area contributed by atoms with E-state index in [1.807, 2.05) is 61.5 Å². The summed E-state index contributed by atoms with van der Waals surface area (Å²) in [5.41, 5.74) is 3.21. The molecule has 7 heteroatoms. The minimum absolute atomic E-state index is 0.287. The summed E-state index contributed by atoms with van der Waals surface area (Å²) < 4.78 is 28.3. The Bertz CT molecular complexity index is 1160. The molecule has 0 saturated carbocycles. The van der Waals surface area contributed by atoms with Crippen LogP contribution in [0.1, 0.15) is 16.8 Å². The van der Waals surface area contributed by atoms with Gasteiger partial charge >= 0.3 is 0 Å². The SMILES string of the molecule is Cc1ccc(S(=O)(=O)n2c(C)c(/C=N/N3CCN(C)CC3)c3ccccc32)cc1. The Kier molecular flexibility index (Phi) is 5.19. The Balaban J connectivity index is 1.80. The number of benzene rings is 2. The topological polar surface area (TPSA) is 57.9 Å². The van der Waals surface area contributed by atoms with Gasteiger partial charge in [0, 0.05) is 42.8 Å². The molecule has 1 saturated heterocycles. The third kappa shape index (κ3) is 3.68. The van der Waals surface area contributed by atoms with E-state index in [9.17, 15) is 8.42 Å². The molecule has 1 fully saturated rings. The van der Waals surface area contributed by atoms with Crippen LogP contribution in [0.4, 0.5) is 0 Å². The number of fused-ring (bicyclic) bond motifs is 1. The summed E-state index contributed by atoms with van der Waals surface area (Å²) in [6, 6.07) is 14.6. The maximum Gasteiger partial charge on any atom is 0.268 e. The van der Waals surface area contributed by atoms with Crippen LogP contribution >= 0.6 is 0 Å². The van der Waals surface area contributed by atoms with Crippen molar-refractivity contribution in [2.45, 2.75) is 18.7 Å². The number of hydrazone groups is 1. The fourth-order valence-corrected chi connectivity index (χ4v) is 5.27. The van der Waals surface area contributed by atoms with Crippen molar-refractivity contribution in [2.24, 2.45) is 5.10 Å². The Hall–Kier alpha value is -2.64. The standard InChI is InChI=1S/C22H26N4O2S/c1-17-8-10-19(11-9-17)29(27,28)26-18(2)21(20-6-4-5-7-22(20)26)16-23-25-14-12-24(3)13-15-25/h4-11,16H,12-15H2,1-3H3/b23-16+. The molecule has 0 spiro atoms. The number of hydrogen-bond acceptors (Lipinski definition) is 5. The van der Waals surface area contributed by atoms with Crippen LogP contribution in [0, 0.1) is 13.8 Å². The maximum atomic E-state index is 13.4. The first-order valence-corrected chi connectivity index (χ1v) is 11.2. The molecule has 0 N–H and O–H groups in total. The van der Waals surface area contributed by atoms with Crippen molar-refractivity contribution in [3.05, 3.63) is 65.4 Å². The van der Waals surface area contributed by atoms with Gasteiger partial charge in [0.1, 0.15) is 0 Å². The van der Waals surface area contributed by atoms with E-state index in [2.05, 4.69) is 17.0 Å². The van der Waals surface area contributed by atoms with E-state index in [0.29, 0.717) is 11.2 Å². The zero-order valence-corrected chi connectivity index (χ0v) is 17.9. The van der Waals surface area contributed by atoms with Gasteiger partial charge in [-0.1, -0.05) is 35.9 Å². The van der Waals surface area contributed by atoms with E-state index in [1.54, 1.807) is 12.1 Å². The zero-order valence-electron chi connectivity index (χ0n) is 17.0. The molecule has 0 aliphatic carbocycles. The molecule has 29 heavy (non-hydrogen) atoms. The third-order valence-corrected chi connectivity index (χ3v) is 7.32. The molecule has 4 rings (SSSR count). The summed E-state index contributed by atoms with van der Waals surface area (Å²) in [4.78, 5) is 2.56. The fourth-order valence-electron chi connectivity index (χ4n) is 3.70. The molecule has 0 bridgehead atoms. The molecule has 0 atom stereocenters. The number of nitrogens with zero attached hydrogens (tertiary/aromatic N) is 4. The van der Waals surface area contributed by atoms with Crippen LogP contribution in [0.5, 0.6) is 0 Å². The molecule has 0 unspecified atom stereocenters. The normalized spacial score (nSPS) is 16.2. The van der Waals surface area contributed by atoms with E-state index in [4.69, 9.17) is 0 Å². The van der Waals surface area contributed by atoms with Crippen LogP contribution in [-0.2, 0) is 10.0 Å². The van der Waals surface area contributed by atoms with Crippen molar-refractivity contribution >= 4 is 27.1 Å². The number of piperazine rings is 1. The molecule has 2 aromatic carbocycles. The van der Waals surface area contributed by atoms with E-state index < -0.39 is 10.0 Å². The number of hydrogen-bond donors (Lipinski definition) is 0. The van der Waals surface area contributed by atoms with Gasteiger partial charge in [-0.05, 0) is 39.1 Å². The first kappa shape index (κ1) is 19.7. The molecule has 2 heterocycles. The monoisotopic (exact) mass is 410 g/mol. The Morgan fingerprint density at radius 1 is 0.931 bits per heavy atom. The van der Waals surface area contributed by atoms with Gasteiger partial charge in [0.2, 0.25) is 0 Å². The van der Waals surface area contributed by atoms with Crippen LogP contribution in [0.3, 0.4) is 0 Å². The van der Waals surface area contributed by atoms with Gasteiger partial charge < -0.3 is 4.90 Å². The highest BCUT2D eigenvalue weighted by molar-refractivity contribution is 7.90. The predicted octanol–water partition coefficient (Wildman–Crippen LogP) is 3.08. The van der Waals surface area contributed by atoms with Crippen molar-refractivity contribution < 1.29 is 8.42 Å². The van der Waals surface area contributed by atoms with Crippen molar-refractivity contribution in [2.75, 3.05) is 33.2 Å². The average molecular weight is 411 g/mol. The quantitative estimate of drug-likeness (QED) is 0.621. The maximum absolute atomic E-state index is 13.4. The highest BCUT2D eigenvalue weighted by atomic mass is 32.2. The zero-order chi connectivity index (χ0) is 20.6. The van der Waals surface area contributed by atoms with Gasteiger partial charge in [-0.2, -0.15) is 5.10 Å². The van der Waals surface area contributed by atoms with E-state index in [0.717, 1.165) is 42.7 Å². The Labute approximate surface area is 172 Å². The second-order valence-electron chi connectivity index (χ2n) is 7.60. The van der Waals surface area contributed by atoms with Gasteiger partial charge in [-0.3, -0.25) is 5.01 Å². The van der Waals surface area contributed by atoms with Gasteiger partial charge in [-0.25, -0.2) is 12.4 Å². The molecule has 1 aliphatic rings. The highest BCUT2D eigenvalue weighted by Crippen LogP contribution is 2.29. The second kappa shape index (κ2) is 7.65. The van der Waals surface area contributed by atoms with Crippen molar-refractivity contribution in [3.63, 3.8) is 0 Å². The van der Waals surface area contributed by atoms with Gasteiger partial charge in [-0.15, -0.1) is 0 Å². The largest absolute Gasteiger partial charge is 0.303 e. The molecular weight excluding hydrogens is 384 g/mol. The lowest BCUT2D eigenvalue weighted by molar-refractivity contribution is 0.159. The second-order valence-corrected chi connectivity index (χ2v) is 9.39. The first-order chi connectivity index (χ1) is 13.9. The summed E-state index contributed by atoms with van der Waals surface area (Å²) in [6.45, 7) is 7.47. The predicted molar refractivity (Wildman–Crippen MR) is 117 cm³/mol. The Morgan fingerprint density at radius 2 is 1.59 bits per heavy atom. The summed E-state index contributed by atoms with van der Waals surface area (Å²) in [5, 5.41) is 7.58. The van der Waals surface area contributed by atoms with Crippen molar-refractivity contribution in [1.29, 1.82) is 0 Å². The van der Waals surface area contributed by atoms with Crippen LogP contribution in [0.2, 0.25) is 0 Å². The fraction of sp³-hybridized carbons (Fsp3) is 0.318. The highest BCUT2D eigenvalue weighted by Gasteiger charge is 2.24. The smallest absolute Gasteiger partial charge is 0.268 e. The lowest BCUT2D eigenvalue weighted by Crippen LogP contribution is -2.41. The molecule has 0 radical (unpaired) electrons. The van der Waals surface area contributed by atoms with Crippen molar-refractivity contribution in [3.8, 4) is 0 Å². The summed E-state index contributed by atoms with van der Waals surface area (Å²) >= 11 is 0. The molecule has 1 aromatic heterocycles. The van der Waals surface area contributed by atoms with Crippen LogP contribution in [0.15, 0.2) is 58.5 Å². The van der Waals surface area contributed by atoms with Crippen LogP contribution in [-0.4, -0.2) is 61.7 Å². The molecular formula is C22H26N4O2S. The van der Waals surface area contributed by atoms with Crippen LogP contribution < -0.4 is 0 Å². The molecule has 0 amide bonds. The molecule has 6 nitrogen and oxygen atoms in total. The molecule has 152 valence electrons. The molecule has 1 aliphatic heterocycles. The molecule has 3 aromatic rings. The van der Waals surface area contributed by atoms with Gasteiger partial charge in [0.25, 0.3) is 10.0 Å². The van der Waals surface area contributed by atoms with Gasteiger partial charge in [0.15, 0.2) is 0 Å². The minimum Gasteiger partial charge on any atom is -0.303 e. The lowest BCUT2D eigenvalue weighted by Gasteiger charge is -2.30. The van der Waals surface area contributed by atoms with E-state index >= 15 is 0 Å². The van der Waals surface area contributed by atoms with E-state index in [-0.39, 0.29) is 4.90 Å². The number of rotatable bonds is 4. The Morgan fingerprint density at radius 3 is 2.28 bits per heavy atom. The first-order valence-electron chi connectivity index (χ1n) is 9.77. The minimum atomic E-state index is -3.71. The van der Waals surface area contributed by atoms with E-state index in [1.165, 1.54) is 3.97 Å². The van der Waals surface area contributed by atoms with Crippen LogP contribution in [0.25, 0.3) is 10.9 Å². The summed E-state index contributed by atoms with van der Waals surface area (Å²) in [6.07, 6.45) is 1.81. The number of aromatic nitrogens is 1. The number of likely N-dealkylation sites (N-methyl/N-ethyl adjacent to an activating group) is 1. The summed E-state index contributed by atoms with van der Waals surface area (Å²) in [7, 11) is -1.60. The average Bonchev–Trinajstić information content (AvgIpc) is 3.00. The van der Waals surface area contributed by atoms with Gasteiger partial charge in [0.05, 0.1) is 16.6 Å². The lowest BCUT2D eigenvalue weighted by atomic mass is 10.1. The number of para-hydroxylation sites is 1. The van der Waals surface area contributed by atoms with Crippen molar-refractivity contribution in [1.82, 2.24) is 13.9 Å². The third-order valence-electron chi connectivity index (χ3n) is 5.50.